The summed E-state index contributed by atoms with van der Waals surface area (Å²) in [5.74, 6) is -0.567. The van der Waals surface area contributed by atoms with Crippen molar-refractivity contribution in [1.29, 1.82) is 0 Å². The fourth-order valence-corrected chi connectivity index (χ4v) is 11.6. The van der Waals surface area contributed by atoms with Crippen molar-refractivity contribution in [3.8, 4) is 0 Å². The summed E-state index contributed by atoms with van der Waals surface area (Å²) >= 11 is 0. The Balaban J connectivity index is 1.46. The van der Waals surface area contributed by atoms with E-state index in [0.29, 0.717) is 36.3 Å². The van der Waals surface area contributed by atoms with E-state index in [4.69, 9.17) is 0 Å². The van der Waals surface area contributed by atoms with Crippen LogP contribution in [0, 0.1) is 62.6 Å². The van der Waals surface area contributed by atoms with Crippen LogP contribution in [-0.4, -0.2) is 23.8 Å². The number of ketones is 2. The van der Waals surface area contributed by atoms with Gasteiger partial charge in [0.2, 0.25) is 5.91 Å². The lowest BCUT2D eigenvalue weighted by Crippen LogP contribution is -2.69. The number of carbonyl (C=O) groups excluding carboxylic acids is 4. The minimum absolute atomic E-state index is 0.143. The van der Waals surface area contributed by atoms with Crippen molar-refractivity contribution in [1.82, 2.24) is 0 Å². The standard InChI is InChI=1S/C37H49NO4/c1-22-13-15-33(3)17-18-35(5)26(29(33)23(22)2)19-27(40)30-34(4)20-24(21-39)31(41)37(7,28(34)14-16-36(30,35)6)32(42)38-25-11-9-8-10-12-25/h8-12,19,21-24,28-30H,13-18,20H2,1-7H3,(H,38,42)/t22-,23+,24?,28-,29+,30-,33-,34+,35-,36-,37-/m1/s1. The molecule has 4 saturated carbocycles. The van der Waals surface area contributed by atoms with Gasteiger partial charge in [0.1, 0.15) is 11.7 Å². The number of nitrogens with one attached hydrogen (secondary N) is 1. The smallest absolute Gasteiger partial charge is 0.238 e. The summed E-state index contributed by atoms with van der Waals surface area (Å²) in [5, 5.41) is 2.99. The van der Waals surface area contributed by atoms with Crippen LogP contribution in [0.1, 0.15) is 93.4 Å². The summed E-state index contributed by atoms with van der Waals surface area (Å²) in [6.07, 6.45) is 9.23. The number of hydrogen-bond acceptors (Lipinski definition) is 4. The molecule has 0 spiro atoms. The SMILES string of the molecule is C[C@H]1[C@H](C)CC[C@]2(C)CC[C@]3(C)C(=CC(=O)[C@@H]4[C@@]5(C)CC(C=O)C(=O)[C@](C)(C(=O)Nc6ccccc6)[C@@H]5CC[C@]43C)[C@H]12. The van der Waals surface area contributed by atoms with Gasteiger partial charge in [-0.15, -0.1) is 0 Å². The zero-order valence-electron chi connectivity index (χ0n) is 26.6. The molecule has 5 heteroatoms. The number of aldehydes is 1. The molecule has 0 radical (unpaired) electrons. The van der Waals surface area contributed by atoms with Crippen molar-refractivity contribution in [3.05, 3.63) is 42.0 Å². The van der Waals surface area contributed by atoms with Crippen LogP contribution in [0.4, 0.5) is 5.69 Å². The number of benzene rings is 1. The number of Topliss-reactive ketones (excluding diaryl/α,β-unsaturated/α-hetero) is 1. The molecule has 5 aliphatic rings. The maximum Gasteiger partial charge on any atom is 0.238 e. The summed E-state index contributed by atoms with van der Waals surface area (Å²) in [5.41, 5.74) is -0.313. The third kappa shape index (κ3) is 3.67. The minimum Gasteiger partial charge on any atom is -0.325 e. The van der Waals surface area contributed by atoms with E-state index < -0.39 is 16.7 Å². The largest absolute Gasteiger partial charge is 0.325 e. The molecule has 0 saturated heterocycles. The van der Waals surface area contributed by atoms with Crippen LogP contribution in [0.25, 0.3) is 0 Å². The van der Waals surface area contributed by atoms with E-state index in [2.05, 4.69) is 46.9 Å². The molecule has 11 atom stereocenters. The number of carbonyl (C=O) groups is 4. The van der Waals surface area contributed by atoms with Crippen LogP contribution in [0.15, 0.2) is 42.0 Å². The second-order valence-corrected chi connectivity index (χ2v) is 16.1. The van der Waals surface area contributed by atoms with Crippen LogP contribution < -0.4 is 5.32 Å². The molecule has 0 aromatic heterocycles. The fraction of sp³-hybridized carbons (Fsp3) is 0.676. The average Bonchev–Trinajstić information content (AvgIpc) is 2.94. The van der Waals surface area contributed by atoms with E-state index in [9.17, 15) is 19.2 Å². The molecule has 4 fully saturated rings. The Morgan fingerprint density at radius 1 is 0.929 bits per heavy atom. The number of rotatable bonds is 3. The van der Waals surface area contributed by atoms with Crippen LogP contribution in [-0.2, 0) is 19.2 Å². The third-order valence-electron chi connectivity index (χ3n) is 14.3. The fourth-order valence-electron chi connectivity index (χ4n) is 11.6. The zero-order valence-corrected chi connectivity index (χ0v) is 26.6. The Morgan fingerprint density at radius 3 is 2.29 bits per heavy atom. The van der Waals surface area contributed by atoms with Gasteiger partial charge in [0.25, 0.3) is 0 Å². The highest BCUT2D eigenvalue weighted by molar-refractivity contribution is 6.15. The lowest BCUT2D eigenvalue weighted by atomic mass is 9.32. The Bertz CT molecular complexity index is 1370. The van der Waals surface area contributed by atoms with Crippen molar-refractivity contribution in [2.45, 2.75) is 93.4 Å². The van der Waals surface area contributed by atoms with Gasteiger partial charge in [-0.25, -0.2) is 0 Å². The van der Waals surface area contributed by atoms with Gasteiger partial charge in [-0.05, 0) is 115 Å². The molecule has 1 amide bonds. The number of allylic oxidation sites excluding steroid dienone is 2. The summed E-state index contributed by atoms with van der Waals surface area (Å²) in [7, 11) is 0. The molecule has 0 bridgehead atoms. The van der Waals surface area contributed by atoms with Gasteiger partial charge in [0.05, 0.1) is 5.92 Å². The van der Waals surface area contributed by atoms with Gasteiger partial charge in [-0.1, -0.05) is 65.3 Å². The number of amides is 1. The summed E-state index contributed by atoms with van der Waals surface area (Å²) < 4.78 is 0. The van der Waals surface area contributed by atoms with E-state index in [1.54, 1.807) is 6.92 Å². The minimum atomic E-state index is -1.40. The molecule has 1 aromatic carbocycles. The van der Waals surface area contributed by atoms with Crippen LogP contribution in [0.3, 0.4) is 0 Å². The average molecular weight is 572 g/mol. The highest BCUT2D eigenvalue weighted by atomic mass is 16.2. The molecule has 1 N–H and O–H groups in total. The van der Waals surface area contributed by atoms with Gasteiger partial charge in [0.15, 0.2) is 11.6 Å². The van der Waals surface area contributed by atoms with Crippen molar-refractivity contribution in [3.63, 3.8) is 0 Å². The van der Waals surface area contributed by atoms with Gasteiger partial charge in [-0.2, -0.15) is 0 Å². The number of anilines is 1. The molecular weight excluding hydrogens is 522 g/mol. The summed E-state index contributed by atoms with van der Waals surface area (Å²) in [6, 6.07) is 9.19. The lowest BCUT2D eigenvalue weighted by molar-refractivity contribution is -0.195. The number of hydrogen-bond donors (Lipinski definition) is 1. The normalized spacial score (nSPS) is 48.1. The molecular formula is C37H49NO4. The molecule has 0 aliphatic heterocycles. The monoisotopic (exact) mass is 571 g/mol. The molecule has 5 aliphatic carbocycles. The van der Waals surface area contributed by atoms with Crippen LogP contribution >= 0.6 is 0 Å². The molecule has 5 nitrogen and oxygen atoms in total. The van der Waals surface area contributed by atoms with Crippen LogP contribution in [0.5, 0.6) is 0 Å². The summed E-state index contributed by atoms with van der Waals surface area (Å²) in [4.78, 5) is 55.2. The first-order valence-corrected chi connectivity index (χ1v) is 16.3. The molecule has 1 aromatic rings. The first kappa shape index (κ1) is 29.5. The van der Waals surface area contributed by atoms with E-state index in [1.807, 2.05) is 36.4 Å². The Hall–Kier alpha value is -2.56. The van der Waals surface area contributed by atoms with Crippen molar-refractivity contribution in [2.24, 2.45) is 62.6 Å². The second-order valence-electron chi connectivity index (χ2n) is 16.1. The zero-order chi connectivity index (χ0) is 30.5. The Morgan fingerprint density at radius 2 is 1.62 bits per heavy atom. The number of para-hydroxylation sites is 1. The second kappa shape index (κ2) is 9.47. The van der Waals surface area contributed by atoms with Gasteiger partial charge in [0, 0.05) is 11.6 Å². The highest BCUT2D eigenvalue weighted by Gasteiger charge is 2.72. The van der Waals surface area contributed by atoms with E-state index in [-0.39, 0.29) is 45.6 Å². The van der Waals surface area contributed by atoms with E-state index >= 15 is 0 Å². The Labute approximate surface area is 251 Å². The highest BCUT2D eigenvalue weighted by Crippen LogP contribution is 2.75. The van der Waals surface area contributed by atoms with Gasteiger partial charge < -0.3 is 10.1 Å². The Kier molecular flexibility index (Phi) is 6.65. The molecule has 6 rings (SSSR count). The maximum absolute atomic E-state index is 14.7. The van der Waals surface area contributed by atoms with Gasteiger partial charge >= 0.3 is 0 Å². The predicted molar refractivity (Wildman–Crippen MR) is 164 cm³/mol. The van der Waals surface area contributed by atoms with E-state index in [1.165, 1.54) is 18.4 Å². The van der Waals surface area contributed by atoms with Crippen molar-refractivity contribution in [2.75, 3.05) is 5.32 Å². The van der Waals surface area contributed by atoms with Crippen molar-refractivity contribution < 1.29 is 19.2 Å². The van der Waals surface area contributed by atoms with Gasteiger partial charge in [-0.3, -0.25) is 14.4 Å². The van der Waals surface area contributed by atoms with E-state index in [0.717, 1.165) is 25.5 Å². The lowest BCUT2D eigenvalue weighted by Gasteiger charge is -2.70. The third-order valence-corrected chi connectivity index (χ3v) is 14.3. The van der Waals surface area contributed by atoms with Crippen molar-refractivity contribution >= 4 is 29.4 Å². The molecule has 42 heavy (non-hydrogen) atoms. The van der Waals surface area contributed by atoms with Crippen LogP contribution in [0.2, 0.25) is 0 Å². The quantitative estimate of drug-likeness (QED) is 0.302. The molecule has 1 unspecified atom stereocenters. The number of fused-ring (bicyclic) bond motifs is 7. The topological polar surface area (TPSA) is 80.3 Å². The first-order valence-electron chi connectivity index (χ1n) is 16.3. The predicted octanol–water partition coefficient (Wildman–Crippen LogP) is 7.46. The molecule has 226 valence electrons. The maximum atomic E-state index is 14.7. The first-order chi connectivity index (χ1) is 19.7. The summed E-state index contributed by atoms with van der Waals surface area (Å²) in [6.45, 7) is 15.8. The molecule has 0 heterocycles.